The average Bonchev–Trinajstić information content (AvgIpc) is 2.97. The van der Waals surface area contributed by atoms with E-state index in [1.165, 1.54) is 7.11 Å². The number of para-hydroxylation sites is 1. The van der Waals surface area contributed by atoms with Gasteiger partial charge < -0.3 is 18.9 Å². The van der Waals surface area contributed by atoms with Gasteiger partial charge in [0.2, 0.25) is 5.91 Å². The number of nitrogens with zero attached hydrogens (tertiary/aromatic N) is 3. The summed E-state index contributed by atoms with van der Waals surface area (Å²) in [6, 6.07) is 18.5. The molecule has 1 aromatic heterocycles. The molecular weight excluding hydrogens is 524 g/mol. The Balaban J connectivity index is 1.41. The number of fused-ring (bicyclic) bond motifs is 4. The van der Waals surface area contributed by atoms with E-state index in [-0.39, 0.29) is 30.4 Å². The molecule has 4 heterocycles. The molecule has 3 aromatic rings. The van der Waals surface area contributed by atoms with Gasteiger partial charge in [0.25, 0.3) is 11.5 Å². The van der Waals surface area contributed by atoms with Crippen LogP contribution in [0.5, 0.6) is 11.5 Å². The Morgan fingerprint density at radius 3 is 2.46 bits per heavy atom. The number of carbonyl (C=O) groups is 3. The van der Waals surface area contributed by atoms with Crippen LogP contribution in [0.3, 0.4) is 0 Å². The molecule has 3 atom stereocenters. The highest BCUT2D eigenvalue weighted by Gasteiger charge is 2.56. The van der Waals surface area contributed by atoms with Crippen molar-refractivity contribution in [3.05, 3.63) is 88.3 Å². The van der Waals surface area contributed by atoms with Crippen LogP contribution >= 0.6 is 0 Å². The van der Waals surface area contributed by atoms with Crippen molar-refractivity contribution in [1.82, 2.24) is 14.8 Å². The number of methoxy groups -OCH3 is 2. The molecule has 1 N–H and O–H groups in total. The molecule has 2 fully saturated rings. The number of benzene rings is 2. The Kier molecular flexibility index (Phi) is 6.86. The van der Waals surface area contributed by atoms with Crippen LogP contribution in [0.25, 0.3) is 0 Å². The van der Waals surface area contributed by atoms with Gasteiger partial charge in [-0.05, 0) is 42.2 Å². The van der Waals surface area contributed by atoms with E-state index in [9.17, 15) is 19.2 Å². The van der Waals surface area contributed by atoms with E-state index in [0.717, 1.165) is 17.0 Å². The average molecular weight is 557 g/mol. The lowest BCUT2D eigenvalue weighted by molar-refractivity contribution is -0.144. The predicted octanol–water partition coefficient (Wildman–Crippen LogP) is 2.80. The minimum atomic E-state index is -1.62. The smallest absolute Gasteiger partial charge is 0.335 e. The minimum Gasteiger partial charge on any atom is -0.497 e. The van der Waals surface area contributed by atoms with Gasteiger partial charge in [-0.1, -0.05) is 30.3 Å². The third kappa shape index (κ3) is 4.67. The maximum atomic E-state index is 14.5. The number of likely N-dealkylation sites (tertiary alicyclic amines) is 1. The second kappa shape index (κ2) is 10.5. The van der Waals surface area contributed by atoms with Gasteiger partial charge in [0, 0.05) is 56.3 Å². The number of carbonyl (C=O) groups excluding carboxylic acids is 3. The first-order valence-electron chi connectivity index (χ1n) is 13.7. The van der Waals surface area contributed by atoms with Crippen LogP contribution in [-0.4, -0.2) is 61.2 Å². The van der Waals surface area contributed by atoms with Crippen LogP contribution in [0.1, 0.15) is 23.6 Å². The molecule has 0 aliphatic carbocycles. The molecule has 10 heteroatoms. The number of rotatable bonds is 7. The molecular formula is C31H32N4O6. The highest BCUT2D eigenvalue weighted by atomic mass is 16.5. The number of ether oxygens (including phenoxy) is 2. The molecule has 0 spiro atoms. The molecule has 0 saturated carbocycles. The summed E-state index contributed by atoms with van der Waals surface area (Å²) in [6.07, 6.45) is 0.956. The zero-order chi connectivity index (χ0) is 28.7. The predicted molar refractivity (Wildman–Crippen MR) is 151 cm³/mol. The molecule has 2 saturated heterocycles. The largest absolute Gasteiger partial charge is 0.497 e. The quantitative estimate of drug-likeness (QED) is 0.446. The van der Waals surface area contributed by atoms with Gasteiger partial charge in [0.15, 0.2) is 0 Å². The van der Waals surface area contributed by atoms with Crippen LogP contribution < -0.4 is 25.2 Å². The maximum Gasteiger partial charge on any atom is 0.335 e. The molecule has 0 unspecified atom stereocenters. The van der Waals surface area contributed by atoms with Crippen molar-refractivity contribution in [3.63, 3.8) is 0 Å². The van der Waals surface area contributed by atoms with E-state index < -0.39 is 23.3 Å². The van der Waals surface area contributed by atoms with E-state index in [2.05, 4.69) is 10.2 Å². The third-order valence-corrected chi connectivity index (χ3v) is 8.52. The topological polar surface area (TPSA) is 110 Å². The molecule has 0 radical (unpaired) electrons. The fourth-order valence-electron chi connectivity index (χ4n) is 6.67. The second-order valence-electron chi connectivity index (χ2n) is 11.1. The molecule has 3 aliphatic rings. The van der Waals surface area contributed by atoms with Gasteiger partial charge in [-0.25, -0.2) is 9.69 Å². The lowest BCUT2D eigenvalue weighted by Crippen LogP contribution is -2.68. The number of urea groups is 1. The monoisotopic (exact) mass is 556 g/mol. The van der Waals surface area contributed by atoms with Crippen molar-refractivity contribution < 1.29 is 23.9 Å². The van der Waals surface area contributed by atoms with E-state index >= 15 is 0 Å². The van der Waals surface area contributed by atoms with Crippen molar-refractivity contribution >= 4 is 23.5 Å². The van der Waals surface area contributed by atoms with Crippen LogP contribution in [0.4, 0.5) is 10.5 Å². The number of hydrogen-bond donors (Lipinski definition) is 1. The zero-order valence-electron chi connectivity index (χ0n) is 23.0. The summed E-state index contributed by atoms with van der Waals surface area (Å²) in [5.41, 5.74) is 0.385. The van der Waals surface area contributed by atoms with Crippen molar-refractivity contribution in [2.45, 2.75) is 25.3 Å². The Morgan fingerprint density at radius 2 is 1.71 bits per heavy atom. The fourth-order valence-corrected chi connectivity index (χ4v) is 6.67. The second-order valence-corrected chi connectivity index (χ2v) is 11.1. The lowest BCUT2D eigenvalue weighted by atomic mass is 9.75. The molecule has 3 aliphatic heterocycles. The number of amides is 4. The van der Waals surface area contributed by atoms with Crippen molar-refractivity contribution in [3.8, 4) is 11.5 Å². The first-order valence-corrected chi connectivity index (χ1v) is 13.7. The summed E-state index contributed by atoms with van der Waals surface area (Å²) < 4.78 is 12.8. The number of hydrogen-bond acceptors (Lipinski definition) is 7. The van der Waals surface area contributed by atoms with Crippen LogP contribution in [0, 0.1) is 11.3 Å². The van der Waals surface area contributed by atoms with Gasteiger partial charge >= 0.3 is 6.03 Å². The van der Waals surface area contributed by atoms with Gasteiger partial charge in [-0.3, -0.25) is 19.7 Å². The van der Waals surface area contributed by atoms with E-state index in [1.54, 1.807) is 67.8 Å². The highest BCUT2D eigenvalue weighted by Crippen LogP contribution is 2.40. The van der Waals surface area contributed by atoms with Crippen LogP contribution in [0.15, 0.2) is 71.5 Å². The van der Waals surface area contributed by atoms with E-state index in [1.807, 2.05) is 10.6 Å². The zero-order valence-corrected chi connectivity index (χ0v) is 23.0. The normalized spacial score (nSPS) is 24.0. The number of piperidine rings is 1. The first kappa shape index (κ1) is 26.8. The Bertz CT molecular complexity index is 1570. The molecule has 10 nitrogen and oxygen atoms in total. The highest BCUT2D eigenvalue weighted by molar-refractivity contribution is 6.30. The van der Waals surface area contributed by atoms with Gasteiger partial charge in [0.05, 0.1) is 19.9 Å². The lowest BCUT2D eigenvalue weighted by Gasteiger charge is -2.47. The molecule has 4 amide bonds. The number of pyridine rings is 1. The first-order chi connectivity index (χ1) is 19.8. The molecule has 41 heavy (non-hydrogen) atoms. The number of aromatic nitrogens is 1. The maximum absolute atomic E-state index is 14.5. The minimum absolute atomic E-state index is 0.00688. The number of nitrogens with one attached hydrogen (secondary N) is 1. The Hall–Kier alpha value is -4.44. The summed E-state index contributed by atoms with van der Waals surface area (Å²) in [4.78, 5) is 57.2. The van der Waals surface area contributed by atoms with Gasteiger partial charge in [-0.15, -0.1) is 0 Å². The summed E-state index contributed by atoms with van der Waals surface area (Å²) >= 11 is 0. The standard InChI is InChI=1S/C31H32N4O6/c1-40-24-12-11-21(26(14-24)41-2)15-31(28(37)32-30(39)35(29(31)38)23-7-4-3-5-8-23)19-33-16-20-13-22(18-33)25-9-6-10-27(36)34(25)17-20/h3-12,14,20,22H,13,15-19H2,1-2H3,(H,32,37,39)/t20-,22+,31+/m1/s1. The van der Waals surface area contributed by atoms with Crippen LogP contribution in [-0.2, 0) is 22.6 Å². The van der Waals surface area contributed by atoms with Crippen LogP contribution in [0.2, 0.25) is 0 Å². The molecule has 6 rings (SSSR count). The fraction of sp³-hybridized carbons (Fsp3) is 0.355. The third-order valence-electron chi connectivity index (χ3n) is 8.52. The Morgan fingerprint density at radius 1 is 0.902 bits per heavy atom. The van der Waals surface area contributed by atoms with E-state index in [0.29, 0.717) is 42.4 Å². The SMILES string of the molecule is COc1ccc(C[C@]2(CN3C[C@H]4C[C@@H](C3)c3cccc(=O)n3C4)C(=O)NC(=O)N(c3ccccc3)C2=O)c(OC)c1. The number of barbiturate groups is 1. The van der Waals surface area contributed by atoms with Crippen molar-refractivity contribution in [1.29, 1.82) is 0 Å². The summed E-state index contributed by atoms with van der Waals surface area (Å²) in [7, 11) is 3.08. The molecule has 212 valence electrons. The summed E-state index contributed by atoms with van der Waals surface area (Å²) in [5.74, 6) is 0.141. The Labute approximate surface area is 237 Å². The number of anilines is 1. The van der Waals surface area contributed by atoms with Crippen molar-refractivity contribution in [2.24, 2.45) is 11.3 Å². The summed E-state index contributed by atoms with van der Waals surface area (Å²) in [5, 5.41) is 2.48. The van der Waals surface area contributed by atoms with E-state index in [4.69, 9.17) is 9.47 Å². The molecule has 2 bridgehead atoms. The molecule has 2 aromatic carbocycles. The van der Waals surface area contributed by atoms with Crippen molar-refractivity contribution in [2.75, 3.05) is 38.8 Å². The number of imide groups is 2. The van der Waals surface area contributed by atoms with Gasteiger partial charge in [0.1, 0.15) is 16.9 Å². The van der Waals surface area contributed by atoms with Gasteiger partial charge in [-0.2, -0.15) is 0 Å². The summed E-state index contributed by atoms with van der Waals surface area (Å²) in [6.45, 7) is 1.91.